The van der Waals surface area contributed by atoms with E-state index in [1.165, 1.54) is 5.56 Å². The van der Waals surface area contributed by atoms with Gasteiger partial charge in [-0.05, 0) is 59.6 Å². The van der Waals surface area contributed by atoms with Gasteiger partial charge in [-0.15, -0.1) is 0 Å². The fraction of sp³-hybridized carbons (Fsp3) is 0.111. The van der Waals surface area contributed by atoms with E-state index in [4.69, 9.17) is 0 Å². The van der Waals surface area contributed by atoms with E-state index in [0.29, 0.717) is 0 Å². The first-order valence-corrected chi connectivity index (χ1v) is 11.3. The maximum atomic E-state index is 4.64. The summed E-state index contributed by atoms with van der Waals surface area (Å²) >= 11 is 0. The second-order valence-electron chi connectivity index (χ2n) is 8.26. The maximum absolute atomic E-state index is 4.64. The summed E-state index contributed by atoms with van der Waals surface area (Å²) in [6, 6.07) is 14.7. The Morgan fingerprint density at radius 2 is 1.65 bits per heavy atom. The molecule has 0 unspecified atom stereocenters. The predicted molar refractivity (Wildman–Crippen MR) is 135 cm³/mol. The molecule has 6 aromatic rings. The zero-order chi connectivity index (χ0) is 22.9. The number of aromatic amines is 2. The topological polar surface area (TPSA) is 95.2 Å². The van der Waals surface area contributed by atoms with E-state index >= 15 is 0 Å². The van der Waals surface area contributed by atoms with E-state index in [9.17, 15) is 0 Å². The van der Waals surface area contributed by atoms with Gasteiger partial charge in [0.15, 0.2) is 0 Å². The molecule has 166 valence electrons. The van der Waals surface area contributed by atoms with E-state index in [2.05, 4.69) is 72.7 Å². The van der Waals surface area contributed by atoms with Crippen LogP contribution in [0, 0.1) is 0 Å². The Morgan fingerprint density at radius 3 is 2.53 bits per heavy atom. The highest BCUT2D eigenvalue weighted by Gasteiger charge is 2.15. The number of hydrogen-bond donors (Lipinski definition) is 3. The molecular weight excluding hydrogens is 422 g/mol. The van der Waals surface area contributed by atoms with Crippen molar-refractivity contribution in [1.82, 2.24) is 35.5 Å². The van der Waals surface area contributed by atoms with Gasteiger partial charge in [0.1, 0.15) is 5.69 Å². The Morgan fingerprint density at radius 1 is 0.765 bits per heavy atom. The Hall–Kier alpha value is -4.36. The van der Waals surface area contributed by atoms with Gasteiger partial charge in [0.05, 0.1) is 22.9 Å². The molecule has 7 nitrogen and oxygen atoms in total. The minimum Gasteiger partial charge on any atom is -0.352 e. The first kappa shape index (κ1) is 20.3. The van der Waals surface area contributed by atoms with Gasteiger partial charge in [0.25, 0.3) is 0 Å². The van der Waals surface area contributed by atoms with Gasteiger partial charge >= 0.3 is 0 Å². The number of fused-ring (bicyclic) bond motifs is 2. The second kappa shape index (κ2) is 8.53. The SMILES string of the molecule is CCNCc1cncc(-c2ccc3[nH]nc(-c4cc5c(-c6ccncc6)cncc5[nH]4)c3c2)c1. The largest absolute Gasteiger partial charge is 0.352 e. The highest BCUT2D eigenvalue weighted by Crippen LogP contribution is 2.34. The molecule has 0 bridgehead atoms. The number of nitrogens with one attached hydrogen (secondary N) is 3. The third-order valence-electron chi connectivity index (χ3n) is 6.06. The van der Waals surface area contributed by atoms with Gasteiger partial charge in [0.2, 0.25) is 0 Å². The average molecular weight is 446 g/mol. The van der Waals surface area contributed by atoms with Crippen LogP contribution in [0.3, 0.4) is 0 Å². The van der Waals surface area contributed by atoms with Crippen molar-refractivity contribution in [3.05, 3.63) is 85.2 Å². The van der Waals surface area contributed by atoms with E-state index in [-0.39, 0.29) is 0 Å². The van der Waals surface area contributed by atoms with Gasteiger partial charge in [0, 0.05) is 59.4 Å². The van der Waals surface area contributed by atoms with Crippen LogP contribution >= 0.6 is 0 Å². The lowest BCUT2D eigenvalue weighted by atomic mass is 10.0. The number of rotatable bonds is 6. The van der Waals surface area contributed by atoms with Crippen molar-refractivity contribution in [2.75, 3.05) is 6.54 Å². The highest BCUT2D eigenvalue weighted by molar-refractivity contribution is 6.01. The summed E-state index contributed by atoms with van der Waals surface area (Å²) in [6.07, 6.45) is 11.2. The van der Waals surface area contributed by atoms with Crippen LogP contribution in [0.25, 0.3) is 55.4 Å². The fourth-order valence-corrected chi connectivity index (χ4v) is 4.35. The van der Waals surface area contributed by atoms with Gasteiger partial charge in [-0.3, -0.25) is 20.1 Å². The molecule has 0 radical (unpaired) electrons. The van der Waals surface area contributed by atoms with E-state index in [1.54, 1.807) is 12.4 Å². The molecule has 5 heterocycles. The van der Waals surface area contributed by atoms with Crippen molar-refractivity contribution in [1.29, 1.82) is 0 Å². The summed E-state index contributed by atoms with van der Waals surface area (Å²) < 4.78 is 0. The zero-order valence-corrected chi connectivity index (χ0v) is 18.7. The maximum Gasteiger partial charge on any atom is 0.116 e. The minimum absolute atomic E-state index is 0.805. The first-order chi connectivity index (χ1) is 16.8. The summed E-state index contributed by atoms with van der Waals surface area (Å²) in [5.74, 6) is 0. The van der Waals surface area contributed by atoms with Crippen molar-refractivity contribution < 1.29 is 0 Å². The predicted octanol–water partition coefficient (Wildman–Crippen LogP) is 5.34. The molecule has 7 heteroatoms. The Labute approximate surface area is 196 Å². The van der Waals surface area contributed by atoms with E-state index < -0.39 is 0 Å². The number of hydrogen-bond acceptors (Lipinski definition) is 5. The van der Waals surface area contributed by atoms with Gasteiger partial charge in [-0.1, -0.05) is 13.0 Å². The molecule has 0 atom stereocenters. The van der Waals surface area contributed by atoms with Crippen LogP contribution in [0.5, 0.6) is 0 Å². The molecule has 0 aliphatic heterocycles. The molecule has 6 rings (SSSR count). The lowest BCUT2D eigenvalue weighted by Gasteiger charge is -2.06. The normalized spacial score (nSPS) is 11.4. The zero-order valence-electron chi connectivity index (χ0n) is 18.7. The molecule has 1 aromatic carbocycles. The summed E-state index contributed by atoms with van der Waals surface area (Å²) in [4.78, 5) is 16.5. The van der Waals surface area contributed by atoms with Gasteiger partial charge < -0.3 is 10.3 Å². The Balaban J connectivity index is 1.44. The molecule has 0 amide bonds. The number of benzene rings is 1. The third kappa shape index (κ3) is 3.62. The standard InChI is InChI=1S/C27H23N7/c1-2-28-12-17-9-20(14-30-13-17)19-3-4-24-22(10-19)27(34-33-24)25-11-21-23(15-31-16-26(21)32-25)18-5-7-29-8-6-18/h3-11,13-16,28,32H,2,12H2,1H3,(H,33,34). The van der Waals surface area contributed by atoms with Gasteiger partial charge in [-0.25, -0.2) is 0 Å². The lowest BCUT2D eigenvalue weighted by Crippen LogP contribution is -2.11. The molecule has 34 heavy (non-hydrogen) atoms. The van der Waals surface area contributed by atoms with Crippen molar-refractivity contribution in [2.45, 2.75) is 13.5 Å². The molecular formula is C27H23N7. The van der Waals surface area contributed by atoms with E-state index in [0.717, 1.165) is 68.5 Å². The highest BCUT2D eigenvalue weighted by atomic mass is 15.1. The Kier molecular flexibility index (Phi) is 5.08. The lowest BCUT2D eigenvalue weighted by molar-refractivity contribution is 0.724. The van der Waals surface area contributed by atoms with Crippen LogP contribution in [-0.4, -0.2) is 36.7 Å². The first-order valence-electron chi connectivity index (χ1n) is 11.3. The minimum atomic E-state index is 0.805. The van der Waals surface area contributed by atoms with Crippen molar-refractivity contribution in [2.24, 2.45) is 0 Å². The number of aromatic nitrogens is 6. The van der Waals surface area contributed by atoms with Crippen molar-refractivity contribution >= 4 is 21.8 Å². The quantitative estimate of drug-likeness (QED) is 0.322. The second-order valence-corrected chi connectivity index (χ2v) is 8.26. The molecule has 0 spiro atoms. The number of H-pyrrole nitrogens is 2. The van der Waals surface area contributed by atoms with Crippen LogP contribution in [0.4, 0.5) is 0 Å². The van der Waals surface area contributed by atoms with E-state index in [1.807, 2.05) is 36.9 Å². The summed E-state index contributed by atoms with van der Waals surface area (Å²) in [5, 5.41) is 13.3. The smallest absolute Gasteiger partial charge is 0.116 e. The van der Waals surface area contributed by atoms with Crippen LogP contribution in [0.15, 0.2) is 79.6 Å². The monoisotopic (exact) mass is 445 g/mol. The van der Waals surface area contributed by atoms with Crippen molar-refractivity contribution in [3.8, 4) is 33.6 Å². The van der Waals surface area contributed by atoms with Crippen molar-refractivity contribution in [3.63, 3.8) is 0 Å². The Bertz CT molecular complexity index is 1600. The van der Waals surface area contributed by atoms with Crippen LogP contribution in [0.2, 0.25) is 0 Å². The van der Waals surface area contributed by atoms with Gasteiger partial charge in [-0.2, -0.15) is 5.10 Å². The molecule has 0 saturated heterocycles. The average Bonchev–Trinajstić information content (AvgIpc) is 3.51. The summed E-state index contributed by atoms with van der Waals surface area (Å²) in [6.45, 7) is 3.84. The molecule has 0 saturated carbocycles. The van der Waals surface area contributed by atoms with Crippen LogP contribution in [-0.2, 0) is 6.54 Å². The number of pyridine rings is 3. The number of nitrogens with zero attached hydrogens (tertiary/aromatic N) is 4. The fourth-order valence-electron chi connectivity index (χ4n) is 4.35. The molecule has 3 N–H and O–H groups in total. The summed E-state index contributed by atoms with van der Waals surface area (Å²) in [5.41, 5.74) is 9.29. The molecule has 0 fully saturated rings. The van der Waals surface area contributed by atoms with Crippen LogP contribution in [0.1, 0.15) is 12.5 Å². The molecule has 0 aliphatic carbocycles. The summed E-state index contributed by atoms with van der Waals surface area (Å²) in [7, 11) is 0. The van der Waals surface area contributed by atoms with Crippen LogP contribution < -0.4 is 5.32 Å². The molecule has 0 aliphatic rings. The molecule has 5 aromatic heterocycles. The third-order valence-corrected chi connectivity index (χ3v) is 6.06.